The van der Waals surface area contributed by atoms with Gasteiger partial charge in [0.15, 0.2) is 11.0 Å². The minimum absolute atomic E-state index is 0.359. The zero-order valence-corrected chi connectivity index (χ0v) is 15.8. The van der Waals surface area contributed by atoms with E-state index < -0.39 is 0 Å². The first-order valence-electron chi connectivity index (χ1n) is 8.42. The van der Waals surface area contributed by atoms with Crippen molar-refractivity contribution in [2.75, 3.05) is 7.11 Å². The van der Waals surface area contributed by atoms with Gasteiger partial charge in [-0.15, -0.1) is 10.2 Å². The highest BCUT2D eigenvalue weighted by Gasteiger charge is 2.17. The van der Waals surface area contributed by atoms with E-state index in [9.17, 15) is 0 Å². The highest BCUT2D eigenvalue weighted by Crippen LogP contribution is 2.30. The molecule has 0 N–H and O–H groups in total. The Morgan fingerprint density at radius 1 is 1.11 bits per heavy atom. The number of hydrogen-bond acceptors (Lipinski definition) is 7. The van der Waals surface area contributed by atoms with Gasteiger partial charge >= 0.3 is 0 Å². The van der Waals surface area contributed by atoms with E-state index in [1.807, 2.05) is 47.0 Å². The molecule has 3 aromatic heterocycles. The number of pyridine rings is 1. The molecule has 8 heteroatoms. The number of aromatic nitrogens is 4. The van der Waals surface area contributed by atoms with Crippen molar-refractivity contribution in [1.29, 1.82) is 5.26 Å². The molecule has 3 heterocycles. The average Bonchev–Trinajstić information content (AvgIpc) is 3.39. The van der Waals surface area contributed by atoms with Gasteiger partial charge in [0, 0.05) is 5.56 Å². The van der Waals surface area contributed by atoms with Crippen LogP contribution in [-0.4, -0.2) is 26.9 Å². The van der Waals surface area contributed by atoms with Crippen molar-refractivity contribution in [3.05, 3.63) is 72.3 Å². The highest BCUT2D eigenvalue weighted by molar-refractivity contribution is 7.99. The van der Waals surface area contributed by atoms with E-state index in [2.05, 4.69) is 21.3 Å². The molecule has 4 aromatic rings. The van der Waals surface area contributed by atoms with Crippen molar-refractivity contribution in [3.63, 3.8) is 0 Å². The minimum atomic E-state index is 0.359. The van der Waals surface area contributed by atoms with Crippen LogP contribution in [0.25, 0.3) is 11.4 Å². The Morgan fingerprint density at radius 3 is 2.68 bits per heavy atom. The summed E-state index contributed by atoms with van der Waals surface area (Å²) >= 11 is 1.35. The van der Waals surface area contributed by atoms with Crippen LogP contribution >= 0.6 is 11.8 Å². The quantitative estimate of drug-likeness (QED) is 0.492. The summed E-state index contributed by atoms with van der Waals surface area (Å²) in [5.74, 6) is 2.26. The Hall–Kier alpha value is -3.57. The molecule has 0 aliphatic rings. The molecule has 0 unspecified atom stereocenters. The lowest BCUT2D eigenvalue weighted by molar-refractivity contribution is 0.415. The number of methoxy groups -OCH3 is 1. The van der Waals surface area contributed by atoms with Gasteiger partial charge in [-0.3, -0.25) is 4.57 Å². The first-order valence-corrected chi connectivity index (χ1v) is 9.23. The summed E-state index contributed by atoms with van der Waals surface area (Å²) in [4.78, 5) is 4.31. The van der Waals surface area contributed by atoms with Crippen LogP contribution in [0.5, 0.6) is 5.75 Å². The second-order valence-electron chi connectivity index (χ2n) is 5.78. The van der Waals surface area contributed by atoms with E-state index in [1.165, 1.54) is 11.8 Å². The van der Waals surface area contributed by atoms with Gasteiger partial charge in [0.1, 0.15) is 28.3 Å². The number of furan rings is 1. The van der Waals surface area contributed by atoms with Crippen molar-refractivity contribution in [2.24, 2.45) is 0 Å². The van der Waals surface area contributed by atoms with Crippen LogP contribution in [0, 0.1) is 11.3 Å². The molecule has 0 fully saturated rings. The van der Waals surface area contributed by atoms with Gasteiger partial charge in [-0.05, 0) is 60.3 Å². The first kappa shape index (κ1) is 17.8. The van der Waals surface area contributed by atoms with Crippen molar-refractivity contribution in [1.82, 2.24) is 19.7 Å². The largest absolute Gasteiger partial charge is 0.497 e. The molecule has 1 aromatic carbocycles. The number of rotatable bonds is 6. The van der Waals surface area contributed by atoms with Gasteiger partial charge in [-0.1, -0.05) is 6.07 Å². The normalized spacial score (nSPS) is 10.6. The molecular formula is C20H15N5O2S. The maximum atomic E-state index is 9.07. The zero-order chi connectivity index (χ0) is 19.3. The lowest BCUT2D eigenvalue weighted by Gasteiger charge is -2.09. The van der Waals surface area contributed by atoms with Gasteiger partial charge in [-0.2, -0.15) is 5.26 Å². The van der Waals surface area contributed by atoms with Crippen molar-refractivity contribution in [3.8, 4) is 23.2 Å². The molecule has 138 valence electrons. The summed E-state index contributed by atoms with van der Waals surface area (Å²) in [5.41, 5.74) is 1.27. The first-order chi connectivity index (χ1) is 13.8. The number of ether oxygens (including phenoxy) is 1. The monoisotopic (exact) mass is 389 g/mol. The van der Waals surface area contributed by atoms with Crippen LogP contribution in [0.15, 0.2) is 75.5 Å². The van der Waals surface area contributed by atoms with Crippen LogP contribution in [0.4, 0.5) is 0 Å². The van der Waals surface area contributed by atoms with Gasteiger partial charge in [0.2, 0.25) is 0 Å². The predicted octanol–water partition coefficient (Wildman–Crippen LogP) is 4.01. The molecule has 0 aliphatic heterocycles. The lowest BCUT2D eigenvalue weighted by Crippen LogP contribution is -2.03. The van der Waals surface area contributed by atoms with Crippen LogP contribution in [0.1, 0.15) is 11.5 Å². The number of hydrogen-bond donors (Lipinski definition) is 0. The van der Waals surface area contributed by atoms with E-state index in [0.29, 0.717) is 28.2 Å². The third kappa shape index (κ3) is 3.75. The molecule has 28 heavy (non-hydrogen) atoms. The van der Waals surface area contributed by atoms with E-state index in [-0.39, 0.29) is 0 Å². The Balaban J connectivity index is 1.73. The van der Waals surface area contributed by atoms with Gasteiger partial charge in [0.25, 0.3) is 0 Å². The van der Waals surface area contributed by atoms with Crippen LogP contribution in [0.2, 0.25) is 0 Å². The molecule has 4 rings (SSSR count). The SMILES string of the molecule is COc1ccc(-c2nnc(Sc3cccc(C#N)n3)n2Cc2ccco2)cc1. The van der Waals surface area contributed by atoms with E-state index in [1.54, 1.807) is 25.5 Å². The third-order valence-electron chi connectivity index (χ3n) is 3.99. The molecule has 0 aliphatic carbocycles. The summed E-state index contributed by atoms with van der Waals surface area (Å²) in [5, 5.41) is 19.1. The zero-order valence-electron chi connectivity index (χ0n) is 14.9. The maximum absolute atomic E-state index is 9.07. The fraction of sp³-hybridized carbons (Fsp3) is 0.100. The summed E-state index contributed by atoms with van der Waals surface area (Å²) < 4.78 is 12.7. The molecule has 0 spiro atoms. The fourth-order valence-corrected chi connectivity index (χ4v) is 3.47. The Labute approximate surface area is 165 Å². The number of nitriles is 1. The lowest BCUT2D eigenvalue weighted by atomic mass is 10.2. The van der Waals surface area contributed by atoms with Crippen molar-refractivity contribution >= 4 is 11.8 Å². The molecular weight excluding hydrogens is 374 g/mol. The molecule has 0 saturated heterocycles. The summed E-state index contributed by atoms with van der Waals surface area (Å²) in [6, 6.07) is 18.7. The Morgan fingerprint density at radius 2 is 1.96 bits per heavy atom. The van der Waals surface area contributed by atoms with Crippen molar-refractivity contribution in [2.45, 2.75) is 16.7 Å². The summed E-state index contributed by atoms with van der Waals surface area (Å²) in [6.07, 6.45) is 1.64. The van der Waals surface area contributed by atoms with E-state index in [0.717, 1.165) is 17.1 Å². The minimum Gasteiger partial charge on any atom is -0.497 e. The van der Waals surface area contributed by atoms with Gasteiger partial charge < -0.3 is 9.15 Å². The van der Waals surface area contributed by atoms with Crippen LogP contribution in [-0.2, 0) is 6.54 Å². The standard InChI is InChI=1S/C20H15N5O2S/c1-26-16-9-7-14(8-10-16)19-23-24-20(25(19)13-17-5-3-11-27-17)28-18-6-2-4-15(12-21)22-18/h2-11H,13H2,1H3. The maximum Gasteiger partial charge on any atom is 0.198 e. The topological polar surface area (TPSA) is 89.8 Å². The van der Waals surface area contributed by atoms with Crippen LogP contribution < -0.4 is 4.74 Å². The van der Waals surface area contributed by atoms with Crippen molar-refractivity contribution < 1.29 is 9.15 Å². The fourth-order valence-electron chi connectivity index (χ4n) is 2.65. The van der Waals surface area contributed by atoms with E-state index in [4.69, 9.17) is 14.4 Å². The second-order valence-corrected chi connectivity index (χ2v) is 6.76. The number of benzene rings is 1. The highest BCUT2D eigenvalue weighted by atomic mass is 32.2. The van der Waals surface area contributed by atoms with E-state index >= 15 is 0 Å². The number of nitrogens with zero attached hydrogens (tertiary/aromatic N) is 5. The molecule has 7 nitrogen and oxygen atoms in total. The third-order valence-corrected chi connectivity index (χ3v) is 4.91. The molecule has 0 atom stereocenters. The molecule has 0 saturated carbocycles. The average molecular weight is 389 g/mol. The smallest absolute Gasteiger partial charge is 0.198 e. The second kappa shape index (κ2) is 7.98. The van der Waals surface area contributed by atoms with Gasteiger partial charge in [0.05, 0.1) is 19.9 Å². The Kier molecular flexibility index (Phi) is 5.08. The van der Waals surface area contributed by atoms with Gasteiger partial charge in [-0.25, -0.2) is 4.98 Å². The molecule has 0 bridgehead atoms. The predicted molar refractivity (Wildman–Crippen MR) is 103 cm³/mol. The summed E-state index contributed by atoms with van der Waals surface area (Å²) in [6.45, 7) is 0.474. The van der Waals surface area contributed by atoms with Crippen LogP contribution in [0.3, 0.4) is 0 Å². The Bertz CT molecular complexity index is 1110. The molecule has 0 amide bonds. The summed E-state index contributed by atoms with van der Waals surface area (Å²) in [7, 11) is 1.63. The molecule has 0 radical (unpaired) electrons.